The second-order valence-electron chi connectivity index (χ2n) is 4.33. The van der Waals surface area contributed by atoms with Crippen molar-refractivity contribution in [2.45, 2.75) is 18.2 Å². The molecular formula is C13H17NO5S. The van der Waals surface area contributed by atoms with Gasteiger partial charge in [0.1, 0.15) is 0 Å². The number of rotatable bonds is 6. The van der Waals surface area contributed by atoms with Gasteiger partial charge in [-0.2, -0.15) is 0 Å². The summed E-state index contributed by atoms with van der Waals surface area (Å²) in [6.45, 7) is 2.18. The van der Waals surface area contributed by atoms with Crippen molar-refractivity contribution < 1.29 is 23.1 Å². The first-order valence-electron chi connectivity index (χ1n) is 6.07. The Morgan fingerprint density at radius 1 is 1.30 bits per heavy atom. The Bertz CT molecular complexity index is 609. The summed E-state index contributed by atoms with van der Waals surface area (Å²) in [5.74, 6) is -1.36. The first-order chi connectivity index (χ1) is 9.25. The normalized spacial score (nSPS) is 11.1. The molecule has 1 aromatic rings. The zero-order valence-corrected chi connectivity index (χ0v) is 12.2. The molecule has 0 bridgehead atoms. The van der Waals surface area contributed by atoms with Crippen LogP contribution in [0.4, 0.5) is 0 Å². The number of aliphatic carboxylic acids is 1. The van der Waals surface area contributed by atoms with Crippen LogP contribution in [0.15, 0.2) is 29.2 Å². The Balaban J connectivity index is 2.98. The summed E-state index contributed by atoms with van der Waals surface area (Å²) in [6.07, 6.45) is 0.921. The molecule has 110 valence electrons. The Morgan fingerprint density at radius 3 is 2.45 bits per heavy atom. The van der Waals surface area contributed by atoms with Crippen LogP contribution < -0.4 is 0 Å². The van der Waals surface area contributed by atoms with Crippen molar-refractivity contribution in [2.24, 2.45) is 0 Å². The van der Waals surface area contributed by atoms with E-state index >= 15 is 0 Å². The lowest BCUT2D eigenvalue weighted by Crippen LogP contribution is -2.32. The molecule has 0 heterocycles. The standard InChI is InChI=1S/C13H17NO5S/c1-3-14(8-7-12(15)16)13(17)10-5-4-6-11(9-10)20(2,18)19/h4-6,9H,3,7-8H2,1-2H3,(H,15,16). The number of carbonyl (C=O) groups is 2. The molecule has 0 aliphatic carbocycles. The maximum Gasteiger partial charge on any atom is 0.305 e. The van der Waals surface area contributed by atoms with Crippen LogP contribution in [0, 0.1) is 0 Å². The highest BCUT2D eigenvalue weighted by molar-refractivity contribution is 7.90. The molecule has 0 saturated heterocycles. The summed E-state index contributed by atoms with van der Waals surface area (Å²) in [6, 6.07) is 5.73. The molecule has 0 radical (unpaired) electrons. The van der Waals surface area contributed by atoms with E-state index in [0.717, 1.165) is 6.26 Å². The molecule has 0 spiro atoms. The van der Waals surface area contributed by atoms with Crippen molar-refractivity contribution in [3.8, 4) is 0 Å². The third kappa shape index (κ3) is 4.34. The fourth-order valence-corrected chi connectivity index (χ4v) is 2.34. The topological polar surface area (TPSA) is 91.8 Å². The fraction of sp³-hybridized carbons (Fsp3) is 0.385. The van der Waals surface area contributed by atoms with E-state index in [9.17, 15) is 18.0 Å². The molecule has 0 fully saturated rings. The SMILES string of the molecule is CCN(CCC(=O)O)C(=O)c1cccc(S(C)(=O)=O)c1. The minimum Gasteiger partial charge on any atom is -0.481 e. The molecule has 20 heavy (non-hydrogen) atoms. The van der Waals surface area contributed by atoms with Crippen LogP contribution in [0.2, 0.25) is 0 Å². The predicted molar refractivity (Wildman–Crippen MR) is 73.4 cm³/mol. The molecule has 0 atom stereocenters. The molecule has 0 unspecified atom stereocenters. The summed E-state index contributed by atoms with van der Waals surface area (Å²) >= 11 is 0. The van der Waals surface area contributed by atoms with Gasteiger partial charge in [0, 0.05) is 24.9 Å². The van der Waals surface area contributed by atoms with Crippen molar-refractivity contribution in [2.75, 3.05) is 19.3 Å². The highest BCUT2D eigenvalue weighted by Gasteiger charge is 2.17. The average molecular weight is 299 g/mol. The third-order valence-electron chi connectivity index (χ3n) is 2.77. The van der Waals surface area contributed by atoms with E-state index < -0.39 is 15.8 Å². The van der Waals surface area contributed by atoms with Crippen LogP contribution in [-0.4, -0.2) is 49.6 Å². The summed E-state index contributed by atoms with van der Waals surface area (Å²) in [7, 11) is -3.38. The fourth-order valence-electron chi connectivity index (χ4n) is 1.68. The van der Waals surface area contributed by atoms with E-state index in [2.05, 4.69) is 0 Å². The smallest absolute Gasteiger partial charge is 0.305 e. The van der Waals surface area contributed by atoms with Gasteiger partial charge in [-0.1, -0.05) is 6.07 Å². The monoisotopic (exact) mass is 299 g/mol. The lowest BCUT2D eigenvalue weighted by atomic mass is 10.2. The molecule has 1 aromatic carbocycles. The largest absolute Gasteiger partial charge is 0.481 e. The maximum atomic E-state index is 12.2. The molecule has 1 N–H and O–H groups in total. The van der Waals surface area contributed by atoms with Gasteiger partial charge in [0.2, 0.25) is 0 Å². The van der Waals surface area contributed by atoms with Gasteiger partial charge >= 0.3 is 5.97 Å². The summed E-state index contributed by atoms with van der Waals surface area (Å²) in [4.78, 5) is 24.2. The second-order valence-corrected chi connectivity index (χ2v) is 6.34. The highest BCUT2D eigenvalue weighted by Crippen LogP contribution is 2.13. The van der Waals surface area contributed by atoms with Gasteiger partial charge in [0.25, 0.3) is 5.91 Å². The lowest BCUT2D eigenvalue weighted by Gasteiger charge is -2.20. The summed E-state index contributed by atoms with van der Waals surface area (Å²) < 4.78 is 22.9. The first kappa shape index (κ1) is 16.2. The molecule has 0 saturated carbocycles. The Labute approximate surface area is 117 Å². The molecule has 0 aliphatic heterocycles. The summed E-state index contributed by atoms with van der Waals surface area (Å²) in [5, 5.41) is 8.64. The lowest BCUT2D eigenvalue weighted by molar-refractivity contribution is -0.137. The molecule has 0 aromatic heterocycles. The number of amides is 1. The van der Waals surface area contributed by atoms with Crippen LogP contribution in [-0.2, 0) is 14.6 Å². The number of benzene rings is 1. The van der Waals surface area contributed by atoms with E-state index in [1.807, 2.05) is 0 Å². The number of hydrogen-bond donors (Lipinski definition) is 1. The minimum absolute atomic E-state index is 0.0673. The quantitative estimate of drug-likeness (QED) is 0.847. The van der Waals surface area contributed by atoms with E-state index in [1.54, 1.807) is 6.92 Å². The molecule has 7 heteroatoms. The third-order valence-corrected chi connectivity index (χ3v) is 3.88. The predicted octanol–water partition coefficient (Wildman–Crippen LogP) is 1.03. The van der Waals surface area contributed by atoms with Crippen molar-refractivity contribution in [1.82, 2.24) is 4.90 Å². The Morgan fingerprint density at radius 2 is 1.95 bits per heavy atom. The number of carbonyl (C=O) groups excluding carboxylic acids is 1. The van der Waals surface area contributed by atoms with Crippen molar-refractivity contribution in [3.05, 3.63) is 29.8 Å². The number of sulfone groups is 1. The number of hydrogen-bond acceptors (Lipinski definition) is 4. The second kappa shape index (κ2) is 6.51. The number of carboxylic acid groups (broad SMARTS) is 1. The van der Waals surface area contributed by atoms with Gasteiger partial charge in [0.05, 0.1) is 11.3 Å². The van der Waals surface area contributed by atoms with Gasteiger partial charge in [-0.15, -0.1) is 0 Å². The first-order valence-corrected chi connectivity index (χ1v) is 7.96. The van der Waals surface area contributed by atoms with E-state index in [-0.39, 0.29) is 29.3 Å². The van der Waals surface area contributed by atoms with Crippen LogP contribution in [0.5, 0.6) is 0 Å². The van der Waals surface area contributed by atoms with Gasteiger partial charge in [-0.3, -0.25) is 9.59 Å². The van der Waals surface area contributed by atoms with Crippen molar-refractivity contribution in [1.29, 1.82) is 0 Å². The molecule has 0 aliphatic rings. The molecule has 6 nitrogen and oxygen atoms in total. The Hall–Kier alpha value is -1.89. The Kier molecular flexibility index (Phi) is 5.26. The van der Waals surface area contributed by atoms with E-state index in [4.69, 9.17) is 5.11 Å². The van der Waals surface area contributed by atoms with Crippen molar-refractivity contribution >= 4 is 21.7 Å². The van der Waals surface area contributed by atoms with E-state index in [0.29, 0.717) is 6.54 Å². The van der Waals surface area contributed by atoms with Crippen molar-refractivity contribution in [3.63, 3.8) is 0 Å². The van der Waals surface area contributed by atoms with Gasteiger partial charge in [-0.25, -0.2) is 8.42 Å². The number of nitrogens with zero attached hydrogens (tertiary/aromatic N) is 1. The van der Waals surface area contributed by atoms with Gasteiger partial charge in [0.15, 0.2) is 9.84 Å². The zero-order chi connectivity index (χ0) is 15.3. The van der Waals surface area contributed by atoms with Gasteiger partial charge < -0.3 is 10.0 Å². The molecule has 1 amide bonds. The van der Waals surface area contributed by atoms with Crippen LogP contribution >= 0.6 is 0 Å². The molecule has 1 rings (SSSR count). The minimum atomic E-state index is -3.38. The highest BCUT2D eigenvalue weighted by atomic mass is 32.2. The maximum absolute atomic E-state index is 12.2. The molecular weight excluding hydrogens is 282 g/mol. The van der Waals surface area contributed by atoms with Crippen LogP contribution in [0.3, 0.4) is 0 Å². The van der Waals surface area contributed by atoms with E-state index in [1.165, 1.54) is 29.2 Å². The van der Waals surface area contributed by atoms with Gasteiger partial charge in [-0.05, 0) is 25.1 Å². The summed E-state index contributed by atoms with van der Waals surface area (Å²) in [5.41, 5.74) is 0.236. The van der Waals surface area contributed by atoms with Crippen LogP contribution in [0.25, 0.3) is 0 Å². The number of carboxylic acids is 1. The zero-order valence-electron chi connectivity index (χ0n) is 11.4. The average Bonchev–Trinajstić information content (AvgIpc) is 2.38. The van der Waals surface area contributed by atoms with Crippen LogP contribution in [0.1, 0.15) is 23.7 Å².